The first kappa shape index (κ1) is 28.7. The highest BCUT2D eigenvalue weighted by Gasteiger charge is 2.31. The third-order valence-electron chi connectivity index (χ3n) is 6.48. The van der Waals surface area contributed by atoms with Crippen LogP contribution in [0, 0.1) is 0 Å². The van der Waals surface area contributed by atoms with Gasteiger partial charge in [-0.2, -0.15) is 0 Å². The normalized spacial score (nSPS) is 13.3. The summed E-state index contributed by atoms with van der Waals surface area (Å²) in [7, 11) is -4.52. The van der Waals surface area contributed by atoms with Crippen LogP contribution >= 0.6 is 15.8 Å². The molecule has 0 radical (unpaired) electrons. The summed E-state index contributed by atoms with van der Waals surface area (Å²) < 4.78 is 0. The standard InChI is InChI=1S/C34H40P2Si2/c1-37(2,3)33(35(29-19-11-7-12-20-29)30-21-13-8-14-22-30)27-28-34(38(4,5)6)36(31-23-15-9-16-24-31)32-25-17-10-18-26-32/h7-28H,1-6H3/b33-27-,34-28-. The molecule has 0 atom stereocenters. The highest BCUT2D eigenvalue weighted by atomic mass is 31.1. The molecule has 4 rings (SSSR count). The van der Waals surface area contributed by atoms with Crippen LogP contribution in [0.15, 0.2) is 143 Å². The molecule has 4 aromatic carbocycles. The smallest absolute Gasteiger partial charge is 0.0656 e. The topological polar surface area (TPSA) is 0 Å². The van der Waals surface area contributed by atoms with Gasteiger partial charge < -0.3 is 0 Å². The van der Waals surface area contributed by atoms with E-state index in [9.17, 15) is 0 Å². The Morgan fingerprint density at radius 2 is 0.605 bits per heavy atom. The third-order valence-corrected chi connectivity index (χ3v) is 19.8. The molecule has 0 aliphatic carbocycles. The lowest BCUT2D eigenvalue weighted by Crippen LogP contribution is -2.30. The van der Waals surface area contributed by atoms with Crippen molar-refractivity contribution in [2.75, 3.05) is 0 Å². The second-order valence-electron chi connectivity index (χ2n) is 11.6. The molecule has 4 heteroatoms. The van der Waals surface area contributed by atoms with Crippen LogP contribution in [0.2, 0.25) is 39.3 Å². The minimum absolute atomic E-state index is 0.596. The monoisotopic (exact) mass is 566 g/mol. The van der Waals surface area contributed by atoms with E-state index in [1.54, 1.807) is 9.87 Å². The molecule has 0 bridgehead atoms. The van der Waals surface area contributed by atoms with Crippen molar-refractivity contribution in [1.29, 1.82) is 0 Å². The number of hydrogen-bond donors (Lipinski definition) is 0. The maximum atomic E-state index is 2.58. The average Bonchev–Trinajstić information content (AvgIpc) is 2.91. The zero-order valence-electron chi connectivity index (χ0n) is 23.6. The zero-order valence-corrected chi connectivity index (χ0v) is 27.4. The van der Waals surface area contributed by atoms with Crippen molar-refractivity contribution >= 4 is 53.2 Å². The summed E-state index contributed by atoms with van der Waals surface area (Å²) in [6.45, 7) is 15.1. The average molecular weight is 567 g/mol. The summed E-state index contributed by atoms with van der Waals surface area (Å²) in [4.78, 5) is 3.30. The van der Waals surface area contributed by atoms with Crippen LogP contribution in [0.4, 0.5) is 0 Å². The van der Waals surface area contributed by atoms with Crippen LogP contribution in [0.25, 0.3) is 0 Å². The minimum Gasteiger partial charge on any atom is -0.0656 e. The first-order valence-corrected chi connectivity index (χ1v) is 23.1. The first-order valence-electron chi connectivity index (χ1n) is 13.4. The maximum absolute atomic E-state index is 2.58. The molecule has 0 amide bonds. The summed E-state index contributed by atoms with van der Waals surface area (Å²) in [5, 5.41) is 5.77. The molecule has 0 aliphatic heterocycles. The van der Waals surface area contributed by atoms with E-state index in [0.717, 1.165) is 0 Å². The molecule has 194 valence electrons. The Kier molecular flexibility index (Phi) is 9.56. The fourth-order valence-electron chi connectivity index (χ4n) is 4.64. The van der Waals surface area contributed by atoms with E-state index in [2.05, 4.69) is 173 Å². The van der Waals surface area contributed by atoms with E-state index in [-0.39, 0.29) is 0 Å². The van der Waals surface area contributed by atoms with Crippen molar-refractivity contribution in [3.05, 3.63) is 143 Å². The van der Waals surface area contributed by atoms with Gasteiger partial charge in [0.15, 0.2) is 0 Å². The predicted octanol–water partition coefficient (Wildman–Crippen LogP) is 8.77. The van der Waals surface area contributed by atoms with E-state index in [0.29, 0.717) is 0 Å². The van der Waals surface area contributed by atoms with Crippen LogP contribution in [-0.2, 0) is 0 Å². The maximum Gasteiger partial charge on any atom is 0.0790 e. The van der Waals surface area contributed by atoms with Gasteiger partial charge in [-0.1, -0.05) is 173 Å². The lowest BCUT2D eigenvalue weighted by molar-refractivity contribution is 1.68. The van der Waals surface area contributed by atoms with Gasteiger partial charge >= 0.3 is 0 Å². The molecule has 4 aromatic rings. The van der Waals surface area contributed by atoms with Gasteiger partial charge in [0, 0.05) is 0 Å². The summed E-state index contributed by atoms with van der Waals surface area (Å²) in [6, 6.07) is 44.8. The minimum atomic E-state index is -1.67. The number of benzene rings is 4. The van der Waals surface area contributed by atoms with Gasteiger partial charge in [0.1, 0.15) is 0 Å². The van der Waals surface area contributed by atoms with Crippen LogP contribution in [0.3, 0.4) is 0 Å². The Morgan fingerprint density at radius 3 is 0.789 bits per heavy atom. The van der Waals surface area contributed by atoms with Gasteiger partial charge in [0.2, 0.25) is 0 Å². The molecular formula is C34H40P2Si2. The molecule has 0 saturated carbocycles. The molecule has 0 N–H and O–H groups in total. The zero-order chi connectivity index (χ0) is 27.2. The second kappa shape index (κ2) is 12.7. The molecule has 0 fully saturated rings. The summed E-state index contributed by atoms with van der Waals surface area (Å²) in [5.41, 5.74) is 0. The summed E-state index contributed by atoms with van der Waals surface area (Å²) >= 11 is 0. The van der Waals surface area contributed by atoms with Crippen LogP contribution < -0.4 is 21.2 Å². The number of allylic oxidation sites excluding steroid dienone is 2. The van der Waals surface area contributed by atoms with Crippen LogP contribution in [0.5, 0.6) is 0 Å². The molecule has 0 spiro atoms. The first-order chi connectivity index (χ1) is 18.2. The van der Waals surface area contributed by atoms with Crippen molar-refractivity contribution in [2.45, 2.75) is 39.3 Å². The van der Waals surface area contributed by atoms with Crippen molar-refractivity contribution in [3.63, 3.8) is 0 Å². The van der Waals surface area contributed by atoms with Gasteiger partial charge in [0.05, 0.1) is 16.1 Å². The molecule has 0 unspecified atom stereocenters. The Bertz CT molecular complexity index is 1160. The van der Waals surface area contributed by atoms with E-state index in [1.807, 2.05) is 0 Å². The Morgan fingerprint density at radius 1 is 0.395 bits per heavy atom. The Hall–Kier alpha value is -2.35. The number of rotatable bonds is 9. The largest absolute Gasteiger partial charge is 0.0790 e. The lowest BCUT2D eigenvalue weighted by Gasteiger charge is -2.32. The van der Waals surface area contributed by atoms with Gasteiger partial charge in [-0.15, -0.1) is 0 Å². The van der Waals surface area contributed by atoms with Gasteiger partial charge in [0.25, 0.3) is 0 Å². The molecular weight excluding hydrogens is 526 g/mol. The van der Waals surface area contributed by atoms with Crippen molar-refractivity contribution < 1.29 is 0 Å². The van der Waals surface area contributed by atoms with E-state index in [1.165, 1.54) is 21.2 Å². The molecule has 0 aromatic heterocycles. The number of hydrogen-bond acceptors (Lipinski definition) is 0. The second-order valence-corrected chi connectivity index (χ2v) is 26.9. The van der Waals surface area contributed by atoms with E-state index in [4.69, 9.17) is 0 Å². The molecule has 0 heterocycles. The molecule has 0 saturated heterocycles. The summed E-state index contributed by atoms with van der Waals surface area (Å²) in [5.74, 6) is 0. The van der Waals surface area contributed by atoms with Crippen molar-refractivity contribution in [2.24, 2.45) is 0 Å². The quantitative estimate of drug-likeness (QED) is 0.108. The van der Waals surface area contributed by atoms with Crippen molar-refractivity contribution in [1.82, 2.24) is 0 Å². The summed E-state index contributed by atoms with van der Waals surface area (Å²) in [6.07, 6.45) is 5.15. The van der Waals surface area contributed by atoms with E-state index < -0.39 is 32.0 Å². The van der Waals surface area contributed by atoms with Gasteiger partial charge in [-0.05, 0) is 46.9 Å². The fraction of sp³-hybridized carbons (Fsp3) is 0.176. The van der Waals surface area contributed by atoms with E-state index >= 15 is 0 Å². The molecule has 0 nitrogen and oxygen atoms in total. The van der Waals surface area contributed by atoms with Gasteiger partial charge in [-0.3, -0.25) is 0 Å². The highest BCUT2D eigenvalue weighted by molar-refractivity contribution is 7.80. The molecule has 0 aliphatic rings. The van der Waals surface area contributed by atoms with Crippen LogP contribution in [-0.4, -0.2) is 16.1 Å². The fourth-order valence-corrected chi connectivity index (χ4v) is 16.8. The lowest BCUT2D eigenvalue weighted by atomic mass is 10.4. The Labute approximate surface area is 235 Å². The SMILES string of the molecule is C[Si](C)(C)/C(=C\C=C(\P(c1ccccc1)c1ccccc1)[Si](C)(C)C)P(c1ccccc1)c1ccccc1. The highest BCUT2D eigenvalue weighted by Crippen LogP contribution is 2.50. The van der Waals surface area contributed by atoms with Gasteiger partial charge in [-0.25, -0.2) is 0 Å². The van der Waals surface area contributed by atoms with Crippen molar-refractivity contribution in [3.8, 4) is 0 Å². The third kappa shape index (κ3) is 7.19. The molecule has 38 heavy (non-hydrogen) atoms. The van der Waals surface area contributed by atoms with Crippen LogP contribution in [0.1, 0.15) is 0 Å². The predicted molar refractivity (Wildman–Crippen MR) is 181 cm³/mol. The Balaban J connectivity index is 1.95.